The molecule has 0 radical (unpaired) electrons. The van der Waals surface area contributed by atoms with Crippen molar-refractivity contribution in [1.29, 1.82) is 0 Å². The average Bonchev–Trinajstić information content (AvgIpc) is 2.90. The minimum Gasteiger partial charge on any atom is -0.497 e. The smallest absolute Gasteiger partial charge is 0.328 e. The first-order valence-corrected chi connectivity index (χ1v) is 8.81. The third-order valence-electron chi connectivity index (χ3n) is 4.78. The molecule has 3 rings (SSSR count). The number of nitrogens with one attached hydrogen (secondary N) is 1. The number of ether oxygens (including phenoxy) is 1. The monoisotopic (exact) mass is 357 g/mol. The fraction of sp³-hybridized carbons (Fsp3) is 0.421. The molecule has 0 aliphatic carbocycles. The summed E-state index contributed by atoms with van der Waals surface area (Å²) in [5, 5.41) is 0. The van der Waals surface area contributed by atoms with Crippen LogP contribution >= 0.6 is 0 Å². The van der Waals surface area contributed by atoms with E-state index in [9.17, 15) is 14.4 Å². The predicted octanol–water partition coefficient (Wildman–Crippen LogP) is 1.69. The highest BCUT2D eigenvalue weighted by Crippen LogP contribution is 2.31. The van der Waals surface area contributed by atoms with Crippen molar-refractivity contribution in [2.45, 2.75) is 38.3 Å². The third kappa shape index (κ3) is 4.04. The molecule has 0 spiro atoms. The Bertz CT molecular complexity index is 869. The molecule has 1 aromatic carbocycles. The lowest BCUT2D eigenvalue weighted by atomic mass is 10.0. The number of hydrogen-bond acceptors (Lipinski definition) is 4. The fourth-order valence-corrected chi connectivity index (χ4v) is 3.38. The summed E-state index contributed by atoms with van der Waals surface area (Å²) in [5.41, 5.74) is 0.0288. The van der Waals surface area contributed by atoms with Gasteiger partial charge in [-0.1, -0.05) is 25.0 Å². The van der Waals surface area contributed by atoms with Crippen molar-refractivity contribution in [3.8, 4) is 5.75 Å². The van der Waals surface area contributed by atoms with Crippen molar-refractivity contribution in [2.75, 3.05) is 13.7 Å². The topological polar surface area (TPSA) is 84.4 Å². The van der Waals surface area contributed by atoms with Gasteiger partial charge in [0.15, 0.2) is 0 Å². The number of rotatable bonds is 4. The van der Waals surface area contributed by atoms with Crippen molar-refractivity contribution in [3.05, 3.63) is 62.9 Å². The van der Waals surface area contributed by atoms with Crippen LogP contribution in [0.4, 0.5) is 0 Å². The molecule has 1 atom stereocenters. The minimum absolute atomic E-state index is 0.0191. The molecule has 1 fully saturated rings. The molecule has 0 unspecified atom stereocenters. The maximum Gasteiger partial charge on any atom is 0.328 e. The van der Waals surface area contributed by atoms with E-state index in [-0.39, 0.29) is 18.5 Å². The summed E-state index contributed by atoms with van der Waals surface area (Å²) in [5.74, 6) is 0.655. The standard InChI is InChI=1S/C19H23N3O4/c1-26-15-8-6-14(7-9-15)16-5-3-2-4-11-22(16)18(24)13-21-12-10-17(23)20-19(21)25/h6-10,12,16H,2-5,11,13H2,1H3,(H,20,23,25)/t16-/m0/s1. The van der Waals surface area contributed by atoms with Crippen LogP contribution in [-0.2, 0) is 11.3 Å². The number of benzene rings is 1. The molecule has 2 heterocycles. The Labute approximate surface area is 151 Å². The Kier molecular flexibility index (Phi) is 5.55. The van der Waals surface area contributed by atoms with Crippen LogP contribution in [0.1, 0.15) is 37.3 Å². The number of amides is 1. The molecule has 1 aliphatic rings. The molecule has 2 aromatic rings. The van der Waals surface area contributed by atoms with E-state index in [4.69, 9.17) is 4.74 Å². The number of likely N-dealkylation sites (tertiary alicyclic amines) is 1. The number of aromatic nitrogens is 2. The van der Waals surface area contributed by atoms with Gasteiger partial charge in [0, 0.05) is 18.8 Å². The SMILES string of the molecule is COc1ccc([C@@H]2CCCCCN2C(=O)Cn2ccc(=O)[nH]c2=O)cc1. The highest BCUT2D eigenvalue weighted by atomic mass is 16.5. The van der Waals surface area contributed by atoms with Crippen LogP contribution in [0.5, 0.6) is 5.75 Å². The zero-order valence-electron chi connectivity index (χ0n) is 14.8. The van der Waals surface area contributed by atoms with Gasteiger partial charge in [0.1, 0.15) is 12.3 Å². The molecule has 1 amide bonds. The average molecular weight is 357 g/mol. The van der Waals surface area contributed by atoms with Crippen molar-refractivity contribution < 1.29 is 9.53 Å². The van der Waals surface area contributed by atoms with Gasteiger partial charge >= 0.3 is 5.69 Å². The number of carbonyl (C=O) groups excluding carboxylic acids is 1. The Morgan fingerprint density at radius 2 is 1.92 bits per heavy atom. The van der Waals surface area contributed by atoms with Gasteiger partial charge < -0.3 is 9.64 Å². The van der Waals surface area contributed by atoms with Crippen LogP contribution in [0.25, 0.3) is 0 Å². The van der Waals surface area contributed by atoms with E-state index in [0.717, 1.165) is 37.0 Å². The van der Waals surface area contributed by atoms with E-state index in [0.29, 0.717) is 6.54 Å². The second-order valence-electron chi connectivity index (χ2n) is 6.46. The molecule has 138 valence electrons. The van der Waals surface area contributed by atoms with Gasteiger partial charge in [-0.05, 0) is 30.5 Å². The lowest BCUT2D eigenvalue weighted by molar-refractivity contribution is -0.134. The van der Waals surface area contributed by atoms with Crippen LogP contribution < -0.4 is 16.0 Å². The molecule has 0 saturated carbocycles. The van der Waals surface area contributed by atoms with Crippen molar-refractivity contribution in [2.24, 2.45) is 0 Å². The summed E-state index contributed by atoms with van der Waals surface area (Å²) in [7, 11) is 1.62. The predicted molar refractivity (Wildman–Crippen MR) is 97.2 cm³/mol. The normalized spacial score (nSPS) is 17.6. The molecule has 1 saturated heterocycles. The first kappa shape index (κ1) is 18.0. The molecule has 7 heteroatoms. The number of H-pyrrole nitrogens is 1. The van der Waals surface area contributed by atoms with E-state index >= 15 is 0 Å². The molecule has 1 aliphatic heterocycles. The first-order chi connectivity index (χ1) is 12.6. The maximum absolute atomic E-state index is 12.9. The lowest BCUT2D eigenvalue weighted by Crippen LogP contribution is -2.40. The molecule has 1 aromatic heterocycles. The Morgan fingerprint density at radius 1 is 1.15 bits per heavy atom. The van der Waals surface area contributed by atoms with E-state index < -0.39 is 11.2 Å². The lowest BCUT2D eigenvalue weighted by Gasteiger charge is -2.31. The third-order valence-corrected chi connectivity index (χ3v) is 4.78. The van der Waals surface area contributed by atoms with Gasteiger partial charge in [0.2, 0.25) is 5.91 Å². The van der Waals surface area contributed by atoms with Gasteiger partial charge in [0.05, 0.1) is 13.2 Å². The molecular weight excluding hydrogens is 334 g/mol. The summed E-state index contributed by atoms with van der Waals surface area (Å²) in [4.78, 5) is 40.0. The van der Waals surface area contributed by atoms with Crippen molar-refractivity contribution >= 4 is 5.91 Å². The van der Waals surface area contributed by atoms with Gasteiger partial charge in [0.25, 0.3) is 5.56 Å². The minimum atomic E-state index is -0.568. The van der Waals surface area contributed by atoms with Gasteiger partial charge in [-0.15, -0.1) is 0 Å². The van der Waals surface area contributed by atoms with Crippen LogP contribution in [0, 0.1) is 0 Å². The number of carbonyl (C=O) groups is 1. The molecule has 26 heavy (non-hydrogen) atoms. The first-order valence-electron chi connectivity index (χ1n) is 8.81. The summed E-state index contributed by atoms with van der Waals surface area (Å²) in [6.45, 7) is 0.579. The molecule has 1 N–H and O–H groups in total. The van der Waals surface area contributed by atoms with Crippen molar-refractivity contribution in [1.82, 2.24) is 14.5 Å². The Morgan fingerprint density at radius 3 is 2.62 bits per heavy atom. The second kappa shape index (κ2) is 8.03. The van der Waals surface area contributed by atoms with Crippen molar-refractivity contribution in [3.63, 3.8) is 0 Å². The zero-order valence-corrected chi connectivity index (χ0v) is 14.8. The van der Waals surface area contributed by atoms with E-state index in [1.165, 1.54) is 16.8 Å². The van der Waals surface area contributed by atoms with E-state index in [1.54, 1.807) is 7.11 Å². The van der Waals surface area contributed by atoms with Crippen LogP contribution in [0.3, 0.4) is 0 Å². The quantitative estimate of drug-likeness (QED) is 0.902. The second-order valence-corrected chi connectivity index (χ2v) is 6.46. The van der Waals surface area contributed by atoms with E-state index in [2.05, 4.69) is 4.98 Å². The Balaban J connectivity index is 1.84. The maximum atomic E-state index is 12.9. The summed E-state index contributed by atoms with van der Waals surface area (Å²) >= 11 is 0. The van der Waals surface area contributed by atoms with Gasteiger partial charge in [-0.3, -0.25) is 19.1 Å². The number of nitrogens with zero attached hydrogens (tertiary/aromatic N) is 2. The largest absolute Gasteiger partial charge is 0.497 e. The van der Waals surface area contributed by atoms with E-state index in [1.807, 2.05) is 29.2 Å². The van der Waals surface area contributed by atoms with Crippen LogP contribution in [-0.4, -0.2) is 34.0 Å². The zero-order chi connectivity index (χ0) is 18.5. The number of aromatic amines is 1. The Hall–Kier alpha value is -2.83. The summed E-state index contributed by atoms with van der Waals surface area (Å²) in [6.07, 6.45) is 5.32. The number of hydrogen-bond donors (Lipinski definition) is 1. The van der Waals surface area contributed by atoms with Gasteiger partial charge in [-0.2, -0.15) is 0 Å². The fourth-order valence-electron chi connectivity index (χ4n) is 3.38. The molecule has 7 nitrogen and oxygen atoms in total. The van der Waals surface area contributed by atoms with Crippen LogP contribution in [0.2, 0.25) is 0 Å². The number of methoxy groups -OCH3 is 1. The highest BCUT2D eigenvalue weighted by Gasteiger charge is 2.27. The summed E-state index contributed by atoms with van der Waals surface area (Å²) in [6, 6.07) is 9.00. The molecule has 0 bridgehead atoms. The molecular formula is C19H23N3O4. The van der Waals surface area contributed by atoms with Gasteiger partial charge in [-0.25, -0.2) is 4.79 Å². The van der Waals surface area contributed by atoms with Crippen LogP contribution in [0.15, 0.2) is 46.1 Å². The summed E-state index contributed by atoms with van der Waals surface area (Å²) < 4.78 is 6.45. The highest BCUT2D eigenvalue weighted by molar-refractivity contribution is 5.76.